The van der Waals surface area contributed by atoms with Crippen LogP contribution in [0.2, 0.25) is 0 Å². The number of amides is 2. The summed E-state index contributed by atoms with van der Waals surface area (Å²) >= 11 is 6.20. The topological polar surface area (TPSA) is 151 Å². The molecule has 0 unspecified atom stereocenters. The van der Waals surface area contributed by atoms with Crippen molar-refractivity contribution in [2.45, 2.75) is 6.10 Å². The predicted octanol–water partition coefficient (Wildman–Crippen LogP) is -0.402. The summed E-state index contributed by atoms with van der Waals surface area (Å²) < 4.78 is 0. The van der Waals surface area contributed by atoms with Gasteiger partial charge in [0.2, 0.25) is 0 Å². The maximum atomic E-state index is 10.9. The van der Waals surface area contributed by atoms with E-state index in [2.05, 4.69) is 37.2 Å². The third-order valence-electron chi connectivity index (χ3n) is 2.27. The van der Waals surface area contributed by atoms with E-state index in [9.17, 15) is 9.59 Å². The lowest BCUT2D eigenvalue weighted by atomic mass is 9.92. The van der Waals surface area contributed by atoms with Crippen LogP contribution < -0.4 is 5.32 Å². The van der Waals surface area contributed by atoms with Crippen LogP contribution in [0.1, 0.15) is 0 Å². The Morgan fingerprint density at radius 1 is 1.11 bits per heavy atom. The summed E-state index contributed by atoms with van der Waals surface area (Å²) in [7, 11) is 0. The van der Waals surface area contributed by atoms with E-state index in [0.29, 0.717) is 0 Å². The molecule has 0 aromatic heterocycles. The van der Waals surface area contributed by atoms with Crippen molar-refractivity contribution in [1.82, 2.24) is 10.2 Å². The molecule has 9 nitrogen and oxygen atoms in total. The van der Waals surface area contributed by atoms with Crippen LogP contribution in [0.5, 0.6) is 0 Å². The third kappa shape index (κ3) is 5.91. The molecule has 0 bridgehead atoms. The van der Waals surface area contributed by atoms with Crippen LogP contribution in [-0.2, 0) is 0 Å². The van der Waals surface area contributed by atoms with E-state index < -0.39 is 30.2 Å². The first-order valence-electron chi connectivity index (χ1n) is 4.84. The Kier molecular flexibility index (Phi) is 7.00. The number of carboxylic acid groups (broad SMARTS) is 2. The summed E-state index contributed by atoms with van der Waals surface area (Å²) in [6.45, 7) is -0.693. The number of carbonyl (C=O) groups is 2. The van der Waals surface area contributed by atoms with Gasteiger partial charge in [-0.25, -0.2) is 14.5 Å². The zero-order chi connectivity index (χ0) is 15.3. The van der Waals surface area contributed by atoms with Crippen molar-refractivity contribution in [3.63, 3.8) is 0 Å². The molecule has 0 fully saturated rings. The van der Waals surface area contributed by atoms with Crippen LogP contribution in [0.15, 0.2) is 0 Å². The highest BCUT2D eigenvalue weighted by Crippen LogP contribution is 2.26. The lowest BCUT2D eigenvalue weighted by Crippen LogP contribution is -2.58. The molecule has 0 saturated carbocycles. The van der Waals surface area contributed by atoms with Crippen molar-refractivity contribution < 1.29 is 35.1 Å². The fraction of sp³-hybridized carbons (Fsp3) is 0.750. The molecule has 0 aliphatic carbocycles. The molecule has 6 N–H and O–H groups in total. The van der Waals surface area contributed by atoms with E-state index in [4.69, 9.17) is 25.5 Å². The molecular formula is C8H14Br2N2O7. The number of hydrogen-bond donors (Lipinski definition) is 6. The number of nitrogens with one attached hydrogen (secondary N) is 1. The van der Waals surface area contributed by atoms with Gasteiger partial charge in [0.1, 0.15) is 0 Å². The molecular weight excluding hydrogens is 396 g/mol. The molecule has 0 rings (SSSR count). The lowest BCUT2D eigenvalue weighted by Gasteiger charge is -2.37. The summed E-state index contributed by atoms with van der Waals surface area (Å²) in [6, 6.07) is 0. The van der Waals surface area contributed by atoms with Gasteiger partial charge < -0.3 is 30.8 Å². The second kappa shape index (κ2) is 7.24. The smallest absolute Gasteiger partial charge is 0.413 e. The lowest BCUT2D eigenvalue weighted by molar-refractivity contribution is -0.382. The highest BCUT2D eigenvalue weighted by molar-refractivity contribution is 9.09. The Labute approximate surface area is 125 Å². The van der Waals surface area contributed by atoms with Crippen molar-refractivity contribution in [3.05, 3.63) is 0 Å². The summed E-state index contributed by atoms with van der Waals surface area (Å²) in [5, 5.41) is 46.6. The average molecular weight is 410 g/mol. The first-order valence-corrected chi connectivity index (χ1v) is 7.08. The van der Waals surface area contributed by atoms with Crippen LogP contribution in [0.25, 0.3) is 0 Å². The Hall–Kier alpha value is -0.620. The van der Waals surface area contributed by atoms with Gasteiger partial charge in [-0.2, -0.15) is 0 Å². The number of aliphatic hydroxyl groups is 3. The van der Waals surface area contributed by atoms with Crippen LogP contribution in [-0.4, -0.2) is 72.5 Å². The van der Waals surface area contributed by atoms with Crippen molar-refractivity contribution >= 4 is 44.0 Å². The van der Waals surface area contributed by atoms with E-state index >= 15 is 0 Å². The number of rotatable bonds is 7. The first-order chi connectivity index (χ1) is 8.58. The second-order valence-electron chi connectivity index (χ2n) is 3.89. The fourth-order valence-corrected chi connectivity index (χ4v) is 2.85. The molecule has 0 aromatic carbocycles. The minimum atomic E-state index is -3.55. The molecule has 0 aliphatic heterocycles. The highest BCUT2D eigenvalue weighted by Gasteiger charge is 2.41. The Morgan fingerprint density at radius 2 is 1.58 bits per heavy atom. The minimum absolute atomic E-state index is 0.0148. The summed E-state index contributed by atoms with van der Waals surface area (Å²) in [5.41, 5.74) is -1.02. The fourth-order valence-electron chi connectivity index (χ4n) is 1.17. The van der Waals surface area contributed by atoms with Gasteiger partial charge in [-0.15, -0.1) is 0 Å². The molecule has 0 spiro atoms. The normalized spacial score (nSPS) is 12.1. The van der Waals surface area contributed by atoms with Crippen LogP contribution in [0.4, 0.5) is 9.59 Å². The summed E-state index contributed by atoms with van der Waals surface area (Å²) in [6.07, 6.45) is -6.63. The zero-order valence-corrected chi connectivity index (χ0v) is 12.8. The van der Waals surface area contributed by atoms with Gasteiger partial charge in [0.25, 0.3) is 0 Å². The number of halogens is 2. The quantitative estimate of drug-likeness (QED) is 0.247. The van der Waals surface area contributed by atoms with Crippen molar-refractivity contribution in [3.8, 4) is 0 Å². The van der Waals surface area contributed by atoms with Gasteiger partial charge in [0, 0.05) is 29.2 Å². The molecule has 19 heavy (non-hydrogen) atoms. The Morgan fingerprint density at radius 3 is 1.84 bits per heavy atom. The molecule has 0 atom stereocenters. The standard InChI is InChI=1S/C8H14Br2N2O7/c9-1-7(2-10,3-11-5(13)14)4-12(6(15)16)8(17,18)19/h11,17-19H,1-4H2,(H,13,14)(H,15,16). The Bertz CT molecular complexity index is 330. The number of nitrogens with zero attached hydrogens (tertiary/aromatic N) is 1. The van der Waals surface area contributed by atoms with Crippen molar-refractivity contribution in [2.75, 3.05) is 23.7 Å². The largest absolute Gasteiger partial charge is 0.465 e. The number of alkyl halides is 2. The van der Waals surface area contributed by atoms with E-state index in [0.717, 1.165) is 0 Å². The Balaban J connectivity index is 5.07. The van der Waals surface area contributed by atoms with Crippen LogP contribution in [0.3, 0.4) is 0 Å². The molecule has 0 aliphatic rings. The van der Waals surface area contributed by atoms with Gasteiger partial charge in [0.15, 0.2) is 0 Å². The first kappa shape index (κ1) is 18.4. The van der Waals surface area contributed by atoms with Gasteiger partial charge >= 0.3 is 18.3 Å². The van der Waals surface area contributed by atoms with Crippen molar-refractivity contribution in [1.29, 1.82) is 0 Å². The van der Waals surface area contributed by atoms with Crippen LogP contribution in [0, 0.1) is 5.41 Å². The van der Waals surface area contributed by atoms with E-state index in [1.54, 1.807) is 0 Å². The van der Waals surface area contributed by atoms with E-state index in [1.807, 2.05) is 0 Å². The minimum Gasteiger partial charge on any atom is -0.465 e. The monoisotopic (exact) mass is 408 g/mol. The SMILES string of the molecule is O=C(O)NCC(CBr)(CBr)CN(C(=O)O)C(O)(O)O. The predicted molar refractivity (Wildman–Crippen MR) is 70.2 cm³/mol. The molecule has 11 heteroatoms. The number of hydrogen-bond acceptors (Lipinski definition) is 5. The third-order valence-corrected chi connectivity index (χ3v) is 4.65. The van der Waals surface area contributed by atoms with Crippen LogP contribution >= 0.6 is 31.9 Å². The molecule has 0 saturated heterocycles. The molecule has 0 aromatic rings. The maximum absolute atomic E-state index is 10.9. The summed E-state index contributed by atoms with van der Waals surface area (Å²) in [4.78, 5) is 21.3. The average Bonchev–Trinajstić information content (AvgIpc) is 2.28. The van der Waals surface area contributed by atoms with E-state index in [1.165, 1.54) is 0 Å². The molecule has 0 radical (unpaired) electrons. The van der Waals surface area contributed by atoms with Crippen molar-refractivity contribution in [2.24, 2.45) is 5.41 Å². The van der Waals surface area contributed by atoms with Gasteiger partial charge in [0.05, 0.1) is 0 Å². The van der Waals surface area contributed by atoms with Gasteiger partial charge in [-0.1, -0.05) is 31.9 Å². The zero-order valence-electron chi connectivity index (χ0n) is 9.58. The van der Waals surface area contributed by atoms with Gasteiger partial charge in [-0.05, 0) is 0 Å². The molecule has 2 amide bonds. The highest BCUT2D eigenvalue weighted by atomic mass is 79.9. The molecule has 112 valence electrons. The van der Waals surface area contributed by atoms with E-state index in [-0.39, 0.29) is 22.1 Å². The summed E-state index contributed by atoms with van der Waals surface area (Å²) in [5.74, 6) is 0. The maximum Gasteiger partial charge on any atom is 0.413 e. The molecule has 0 heterocycles. The second-order valence-corrected chi connectivity index (χ2v) is 5.02. The van der Waals surface area contributed by atoms with Gasteiger partial charge in [-0.3, -0.25) is 0 Å².